The molecule has 1 amide bonds. The molecule has 0 bridgehead atoms. The molecule has 2 fully saturated rings. The molecule has 0 spiro atoms. The number of aromatic nitrogens is 1. The van der Waals surface area contributed by atoms with Gasteiger partial charge in [-0.2, -0.15) is 0 Å². The Morgan fingerprint density at radius 3 is 2.74 bits per heavy atom. The second-order valence-electron chi connectivity index (χ2n) is 8.07. The predicted molar refractivity (Wildman–Crippen MR) is 107 cm³/mol. The second kappa shape index (κ2) is 10.00. The summed E-state index contributed by atoms with van der Waals surface area (Å²) in [6.07, 6.45) is 10.0. The number of rotatable bonds is 6. The van der Waals surface area contributed by atoms with Gasteiger partial charge in [0.15, 0.2) is 0 Å². The maximum absolute atomic E-state index is 13.0. The van der Waals surface area contributed by atoms with Crippen molar-refractivity contribution in [1.29, 1.82) is 0 Å². The minimum atomic E-state index is 0.0194. The van der Waals surface area contributed by atoms with Crippen LogP contribution in [0.15, 0.2) is 36.0 Å². The molecule has 2 heterocycles. The minimum Gasteiger partial charge on any atom is -0.369 e. The molecule has 5 nitrogen and oxygen atoms in total. The van der Waals surface area contributed by atoms with Crippen LogP contribution in [0.1, 0.15) is 51.6 Å². The van der Waals surface area contributed by atoms with Crippen LogP contribution in [0.4, 0.5) is 0 Å². The third-order valence-electron chi connectivity index (χ3n) is 5.51. The van der Waals surface area contributed by atoms with Crippen molar-refractivity contribution in [1.82, 2.24) is 14.8 Å². The summed E-state index contributed by atoms with van der Waals surface area (Å²) in [7, 11) is 0. The first-order chi connectivity index (χ1) is 13.1. The summed E-state index contributed by atoms with van der Waals surface area (Å²) in [5.41, 5.74) is 2.22. The summed E-state index contributed by atoms with van der Waals surface area (Å²) in [4.78, 5) is 21.7. The molecular weight excluding hydrogens is 338 g/mol. The van der Waals surface area contributed by atoms with Crippen molar-refractivity contribution in [3.63, 3.8) is 0 Å². The van der Waals surface area contributed by atoms with Gasteiger partial charge in [-0.05, 0) is 38.8 Å². The Morgan fingerprint density at radius 1 is 1.22 bits per heavy atom. The molecule has 1 aliphatic carbocycles. The molecule has 1 aromatic rings. The van der Waals surface area contributed by atoms with Gasteiger partial charge >= 0.3 is 0 Å². The van der Waals surface area contributed by atoms with Gasteiger partial charge in [0.1, 0.15) is 0 Å². The molecule has 3 rings (SSSR count). The number of carbonyl (C=O) groups is 1. The number of allylic oxidation sites excluding steroid dienone is 1. The highest BCUT2D eigenvalue weighted by molar-refractivity contribution is 5.79. The van der Waals surface area contributed by atoms with E-state index >= 15 is 0 Å². The third kappa shape index (κ3) is 6.15. The van der Waals surface area contributed by atoms with Crippen molar-refractivity contribution in [2.24, 2.45) is 0 Å². The van der Waals surface area contributed by atoms with Gasteiger partial charge in [-0.15, -0.1) is 0 Å². The van der Waals surface area contributed by atoms with Crippen LogP contribution in [0.5, 0.6) is 0 Å². The van der Waals surface area contributed by atoms with Gasteiger partial charge in [0, 0.05) is 31.9 Å². The zero-order chi connectivity index (χ0) is 19.1. The van der Waals surface area contributed by atoms with Crippen LogP contribution in [0.2, 0.25) is 0 Å². The molecule has 0 radical (unpaired) electrons. The smallest absolute Gasteiger partial charge is 0.237 e. The largest absolute Gasteiger partial charge is 0.369 e. The van der Waals surface area contributed by atoms with Crippen molar-refractivity contribution in [2.75, 3.05) is 26.2 Å². The third-order valence-corrected chi connectivity index (χ3v) is 5.51. The molecule has 27 heavy (non-hydrogen) atoms. The first-order valence-electron chi connectivity index (χ1n) is 10.3. The zero-order valence-electron chi connectivity index (χ0n) is 16.8. The molecule has 2 aliphatic rings. The van der Waals surface area contributed by atoms with E-state index in [1.165, 1.54) is 24.8 Å². The summed E-state index contributed by atoms with van der Waals surface area (Å²) in [5.74, 6) is 0.257. The van der Waals surface area contributed by atoms with E-state index in [1.807, 2.05) is 18.2 Å². The molecule has 1 saturated carbocycles. The van der Waals surface area contributed by atoms with Crippen molar-refractivity contribution >= 4 is 5.91 Å². The minimum absolute atomic E-state index is 0.0194. The van der Waals surface area contributed by atoms with Crippen LogP contribution in [0, 0.1) is 0 Å². The Bertz CT molecular complexity index is 622. The van der Waals surface area contributed by atoms with E-state index in [9.17, 15) is 4.79 Å². The second-order valence-corrected chi connectivity index (χ2v) is 8.07. The lowest BCUT2D eigenvalue weighted by Crippen LogP contribution is -2.45. The van der Waals surface area contributed by atoms with Gasteiger partial charge in [0.25, 0.3) is 0 Å². The Labute approximate surface area is 163 Å². The van der Waals surface area contributed by atoms with Gasteiger partial charge in [0.05, 0.1) is 24.9 Å². The molecule has 148 valence electrons. The zero-order valence-corrected chi connectivity index (χ0v) is 16.8. The van der Waals surface area contributed by atoms with Gasteiger partial charge in [0.2, 0.25) is 5.91 Å². The number of carbonyl (C=O) groups excluding carboxylic acids is 1. The fourth-order valence-electron chi connectivity index (χ4n) is 4.00. The van der Waals surface area contributed by atoms with Crippen LogP contribution >= 0.6 is 0 Å². The number of pyridine rings is 1. The number of amides is 1. The molecule has 1 saturated heterocycles. The van der Waals surface area contributed by atoms with Crippen molar-refractivity contribution in [3.05, 3.63) is 41.7 Å². The van der Waals surface area contributed by atoms with Crippen LogP contribution in [-0.2, 0) is 16.1 Å². The van der Waals surface area contributed by atoms with Crippen LogP contribution in [0.3, 0.4) is 0 Å². The molecule has 0 unspecified atom stereocenters. The van der Waals surface area contributed by atoms with Crippen molar-refractivity contribution < 1.29 is 9.53 Å². The van der Waals surface area contributed by atoms with Gasteiger partial charge < -0.3 is 9.64 Å². The van der Waals surface area contributed by atoms with E-state index in [0.717, 1.165) is 31.6 Å². The molecule has 0 N–H and O–H groups in total. The van der Waals surface area contributed by atoms with E-state index in [1.54, 1.807) is 6.20 Å². The monoisotopic (exact) mass is 371 g/mol. The maximum atomic E-state index is 13.0. The average Bonchev–Trinajstić information content (AvgIpc) is 2.85. The Balaban J connectivity index is 1.69. The summed E-state index contributed by atoms with van der Waals surface area (Å²) >= 11 is 0. The highest BCUT2D eigenvalue weighted by Crippen LogP contribution is 2.25. The first-order valence-corrected chi connectivity index (χ1v) is 10.3. The summed E-state index contributed by atoms with van der Waals surface area (Å²) in [6, 6.07) is 6.27. The van der Waals surface area contributed by atoms with Gasteiger partial charge in [-0.3, -0.25) is 14.7 Å². The van der Waals surface area contributed by atoms with E-state index in [4.69, 9.17) is 4.74 Å². The highest BCUT2D eigenvalue weighted by atomic mass is 16.5. The predicted octanol–water partition coefficient (Wildman–Crippen LogP) is 3.41. The summed E-state index contributed by atoms with van der Waals surface area (Å²) in [6.45, 7) is 7.47. The fraction of sp³-hybridized carbons (Fsp3) is 0.636. The normalized spacial score (nSPS) is 22.5. The van der Waals surface area contributed by atoms with Crippen molar-refractivity contribution in [2.45, 2.75) is 64.7 Å². The van der Waals surface area contributed by atoms with Crippen molar-refractivity contribution in [3.8, 4) is 0 Å². The Kier molecular flexibility index (Phi) is 7.41. The van der Waals surface area contributed by atoms with E-state index in [0.29, 0.717) is 25.7 Å². The number of nitrogens with zero attached hydrogens (tertiary/aromatic N) is 3. The van der Waals surface area contributed by atoms with E-state index in [-0.39, 0.29) is 12.0 Å². The maximum Gasteiger partial charge on any atom is 0.237 e. The molecule has 1 atom stereocenters. The van der Waals surface area contributed by atoms with Gasteiger partial charge in [-0.1, -0.05) is 37.0 Å². The lowest BCUT2D eigenvalue weighted by molar-refractivity contribution is -0.134. The average molecular weight is 372 g/mol. The summed E-state index contributed by atoms with van der Waals surface area (Å²) in [5, 5.41) is 0. The quantitative estimate of drug-likeness (QED) is 0.719. The standard InChI is InChI=1S/C22H33N3O2/c1-18(2)11-13-24-14-21(27-17-19-8-6-7-12-23-19)15-25(22(26)16-24)20-9-4-3-5-10-20/h6-8,11-12,20-21H,3-5,9-10,13-17H2,1-2H3/t21-/m0/s1. The Morgan fingerprint density at radius 2 is 2.04 bits per heavy atom. The van der Waals surface area contributed by atoms with Crippen LogP contribution < -0.4 is 0 Å². The van der Waals surface area contributed by atoms with Crippen LogP contribution in [-0.4, -0.2) is 59.0 Å². The summed E-state index contributed by atoms with van der Waals surface area (Å²) < 4.78 is 6.24. The molecule has 1 aromatic heterocycles. The van der Waals surface area contributed by atoms with Crippen LogP contribution in [0.25, 0.3) is 0 Å². The van der Waals surface area contributed by atoms with E-state index in [2.05, 4.69) is 34.7 Å². The molecule has 5 heteroatoms. The van der Waals surface area contributed by atoms with Gasteiger partial charge in [-0.25, -0.2) is 0 Å². The lowest BCUT2D eigenvalue weighted by atomic mass is 9.94. The number of hydrogen-bond acceptors (Lipinski definition) is 4. The fourth-order valence-corrected chi connectivity index (χ4v) is 4.00. The molecule has 0 aromatic carbocycles. The Hall–Kier alpha value is -1.72. The van der Waals surface area contributed by atoms with E-state index < -0.39 is 0 Å². The molecular formula is C22H33N3O2. The highest BCUT2D eigenvalue weighted by Gasteiger charge is 2.32. The number of ether oxygens (including phenoxy) is 1. The number of hydrogen-bond donors (Lipinski definition) is 0. The topological polar surface area (TPSA) is 45.7 Å². The first kappa shape index (κ1) is 20.0. The SMILES string of the molecule is CC(C)=CCN1CC(=O)N(C2CCCCC2)C[C@@H](OCc2ccccn2)C1. The lowest BCUT2D eigenvalue weighted by Gasteiger charge is -2.35. The molecule has 1 aliphatic heterocycles.